The van der Waals surface area contributed by atoms with E-state index >= 15 is 0 Å². The number of carbonyl (C=O) groups is 9. The highest BCUT2D eigenvalue weighted by Crippen LogP contribution is 2.28. The molecule has 0 aliphatic carbocycles. The van der Waals surface area contributed by atoms with E-state index in [0.717, 1.165) is 0 Å². The van der Waals surface area contributed by atoms with E-state index in [-0.39, 0.29) is 74.9 Å². The molecule has 9 N–H and O–H groups in total. The summed E-state index contributed by atoms with van der Waals surface area (Å²) in [4.78, 5) is 135. The van der Waals surface area contributed by atoms with Gasteiger partial charge in [0.05, 0.1) is 0 Å². The van der Waals surface area contributed by atoms with Gasteiger partial charge in [-0.15, -0.1) is 0 Å². The molecule has 0 aromatic heterocycles. The van der Waals surface area contributed by atoms with Crippen LogP contribution in [-0.4, -0.2) is 156 Å². The summed E-state index contributed by atoms with van der Waals surface area (Å²) in [5.74, 6) is -9.27. The van der Waals surface area contributed by atoms with Crippen LogP contribution in [0.3, 0.4) is 0 Å². The van der Waals surface area contributed by atoms with Crippen LogP contribution in [0.15, 0.2) is 48.5 Å². The first-order valence-corrected chi connectivity index (χ1v) is 31.8. The lowest BCUT2D eigenvalue weighted by Crippen LogP contribution is -2.62. The maximum Gasteiger partial charge on any atom is 0.446 e. The van der Waals surface area contributed by atoms with Gasteiger partial charge in [0, 0.05) is 25.9 Å². The Morgan fingerprint density at radius 1 is 0.459 bits per heavy atom. The summed E-state index contributed by atoms with van der Waals surface area (Å²) in [7, 11) is -9.87. The number of fused-ring (bicyclic) bond motifs is 2. The maximum absolute atomic E-state index is 15.0. The molecule has 11 atom stereocenters. The van der Waals surface area contributed by atoms with E-state index < -0.39 is 146 Å². The molecule has 28 heteroatoms. The van der Waals surface area contributed by atoms with Crippen LogP contribution >= 0.6 is 0 Å². The Morgan fingerprint density at radius 3 is 1.20 bits per heavy atom. The number of hydrogen-bond acceptors (Lipinski definition) is 15. The van der Waals surface area contributed by atoms with E-state index in [2.05, 4.69) is 45.6 Å². The molecule has 85 heavy (non-hydrogen) atoms. The van der Waals surface area contributed by atoms with Gasteiger partial charge >= 0.3 is 20.8 Å². The number of amides is 9. The largest absolute Gasteiger partial charge is 0.446 e. The minimum Gasteiger partial charge on any atom is -0.362 e. The first kappa shape index (κ1) is 68.9. The fraction of sp³-hybridized carbons (Fsp3) is 0.632. The molecule has 3 aliphatic heterocycles. The van der Waals surface area contributed by atoms with E-state index in [9.17, 15) is 69.1 Å². The number of benzene rings is 2. The zero-order chi connectivity index (χ0) is 63.2. The van der Waals surface area contributed by atoms with E-state index in [1.165, 1.54) is 58.3 Å². The summed E-state index contributed by atoms with van der Waals surface area (Å²) in [6.07, 6.45) is 1.34. The Morgan fingerprint density at radius 2 is 0.800 bits per heavy atom. The molecule has 3 aliphatic rings. The van der Waals surface area contributed by atoms with Gasteiger partial charge in [-0.1, -0.05) is 106 Å². The van der Waals surface area contributed by atoms with Crippen molar-refractivity contribution < 1.29 is 77.5 Å². The Kier molecular flexibility index (Phi) is 24.7. The zero-order valence-corrected chi connectivity index (χ0v) is 51.5. The minimum atomic E-state index is -4.94. The van der Waals surface area contributed by atoms with Crippen molar-refractivity contribution in [2.75, 3.05) is 13.1 Å². The molecular weight excluding hydrogens is 1150 g/mol. The Labute approximate surface area is 498 Å². The molecule has 9 amide bonds. The van der Waals surface area contributed by atoms with Crippen LogP contribution in [0.25, 0.3) is 0 Å². The summed E-state index contributed by atoms with van der Waals surface area (Å²) in [6.45, 7) is 18.0. The number of carbonyl (C=O) groups excluding carboxylic acids is 9. The number of hydrogen-bond donors (Lipinski definition) is 9. The van der Waals surface area contributed by atoms with Gasteiger partial charge in [0.2, 0.25) is 53.2 Å². The molecule has 0 unspecified atom stereocenters. The van der Waals surface area contributed by atoms with Gasteiger partial charge in [0.25, 0.3) is 0 Å². The third-order valence-electron chi connectivity index (χ3n) is 15.6. The van der Waals surface area contributed by atoms with Crippen molar-refractivity contribution in [1.82, 2.24) is 47.0 Å². The molecule has 0 saturated carbocycles. The molecular formula is C57H85N9O17S2. The van der Waals surface area contributed by atoms with Crippen LogP contribution in [0.5, 0.6) is 11.5 Å². The SMILES string of the molecule is CC[C@H](C)[C@@H]1NC(=O)[C@H](CC(C)C)NC(=O)[C@H](Cc2ccc(OS(=O)(=O)O)cc2)NC(=O)[C@H](Cc2ccc(OS(=O)(=O)O)cc2)NC(=O)[C@@H]2CCCN2C(=O)[C@@H]2CCCN2C(=O)[C@H](C(C)C)NC(=O)[C@H](CC(C)C)NC(=O)[C@H]([C@@H](C)CC)NC1=O. The van der Waals surface area contributed by atoms with Crippen molar-refractivity contribution in [3.05, 3.63) is 59.7 Å². The standard InChI is InChI=1S/C57H85N9O17S2/c1-11-34(9)47-54(72)61-41(28-32(5)6)51(69)62-46(33(7)8)57(75)66-26-14-16-45(66)56(74)65-25-13-15-44(65)53(71)60-43(30-37-19-23-39(24-20-37)83-85(79,80)81)50(68)59-42(29-36-17-21-38(22-18-36)82-84(76,77)78)49(67)58-40(27-31(3)4)52(70)63-48(35(10)12-2)55(73)64-47/h17-24,31-35,40-48H,11-16,25-30H2,1-10H3,(H,58,67)(H,59,68)(H,60,71)(H,61,72)(H,62,69)(H,63,70)(H,64,73)(H,76,77,78)(H,79,80,81)/t34-,35-,40-,41-,42-,43-,44-,45-,46-,47-,48-/m0/s1. The predicted octanol–water partition coefficient (Wildman–Crippen LogP) is 2.06. The van der Waals surface area contributed by atoms with Crippen molar-refractivity contribution in [3.8, 4) is 11.5 Å². The number of nitrogens with one attached hydrogen (secondary N) is 7. The fourth-order valence-electron chi connectivity index (χ4n) is 10.6. The summed E-state index contributed by atoms with van der Waals surface area (Å²) >= 11 is 0. The van der Waals surface area contributed by atoms with Crippen molar-refractivity contribution in [2.45, 2.75) is 188 Å². The van der Waals surface area contributed by atoms with Crippen LogP contribution in [0, 0.1) is 29.6 Å². The summed E-state index contributed by atoms with van der Waals surface area (Å²) in [5, 5.41) is 19.5. The second-order valence-corrected chi connectivity index (χ2v) is 25.6. The van der Waals surface area contributed by atoms with Gasteiger partial charge in [-0.05, 0) is 104 Å². The third kappa shape index (κ3) is 20.1. The van der Waals surface area contributed by atoms with Crippen molar-refractivity contribution in [1.29, 1.82) is 0 Å². The van der Waals surface area contributed by atoms with Crippen molar-refractivity contribution in [3.63, 3.8) is 0 Å². The molecule has 3 heterocycles. The lowest BCUT2D eigenvalue weighted by molar-refractivity contribution is -0.148. The smallest absolute Gasteiger partial charge is 0.362 e. The quantitative estimate of drug-likeness (QED) is 0.102. The van der Waals surface area contributed by atoms with Crippen molar-refractivity contribution in [2.24, 2.45) is 29.6 Å². The maximum atomic E-state index is 15.0. The number of rotatable bonds is 17. The van der Waals surface area contributed by atoms with Crippen LogP contribution in [0.4, 0.5) is 0 Å². The molecule has 0 radical (unpaired) electrons. The van der Waals surface area contributed by atoms with Crippen LogP contribution < -0.4 is 45.6 Å². The van der Waals surface area contributed by atoms with Gasteiger partial charge in [-0.2, -0.15) is 16.8 Å². The summed E-state index contributed by atoms with van der Waals surface area (Å²) in [5.41, 5.74) is 0.599. The lowest BCUT2D eigenvalue weighted by atomic mass is 9.93. The van der Waals surface area contributed by atoms with E-state index in [4.69, 9.17) is 0 Å². The second kappa shape index (κ2) is 30.4. The first-order valence-electron chi connectivity index (χ1n) is 29.0. The Hall–Kier alpha value is -6.91. The van der Waals surface area contributed by atoms with Crippen LogP contribution in [0.2, 0.25) is 0 Å². The first-order chi connectivity index (χ1) is 39.8. The second-order valence-electron chi connectivity index (χ2n) is 23.6. The van der Waals surface area contributed by atoms with E-state index in [1.54, 1.807) is 48.5 Å². The highest BCUT2D eigenvalue weighted by Gasteiger charge is 2.46. The lowest BCUT2D eigenvalue weighted by Gasteiger charge is -2.35. The fourth-order valence-corrected chi connectivity index (χ4v) is 11.3. The van der Waals surface area contributed by atoms with Gasteiger partial charge < -0.3 is 55.4 Å². The summed E-state index contributed by atoms with van der Waals surface area (Å²) < 4.78 is 73.8. The molecule has 26 nitrogen and oxygen atoms in total. The molecule has 2 aromatic rings. The van der Waals surface area contributed by atoms with E-state index in [1.807, 2.05) is 20.8 Å². The monoisotopic (exact) mass is 1230 g/mol. The normalized spacial score (nSPS) is 25.8. The average molecular weight is 1230 g/mol. The van der Waals surface area contributed by atoms with Gasteiger partial charge in [0.1, 0.15) is 65.9 Å². The highest BCUT2D eigenvalue weighted by molar-refractivity contribution is 7.81. The Balaban J connectivity index is 1.65. The minimum absolute atomic E-state index is 0.000418. The molecule has 2 aromatic carbocycles. The molecule has 3 saturated heterocycles. The van der Waals surface area contributed by atoms with Crippen LogP contribution in [0.1, 0.15) is 132 Å². The molecule has 0 spiro atoms. The van der Waals surface area contributed by atoms with E-state index in [0.29, 0.717) is 36.8 Å². The molecule has 3 fully saturated rings. The molecule has 472 valence electrons. The predicted molar refractivity (Wildman–Crippen MR) is 310 cm³/mol. The highest BCUT2D eigenvalue weighted by atomic mass is 32.3. The van der Waals surface area contributed by atoms with Crippen LogP contribution in [-0.2, 0) is 76.8 Å². The van der Waals surface area contributed by atoms with Crippen molar-refractivity contribution >= 4 is 74.0 Å². The average Bonchev–Trinajstić information content (AvgIpc) is 4.24. The zero-order valence-electron chi connectivity index (χ0n) is 49.9. The Bertz CT molecular complexity index is 2950. The topological polar surface area (TPSA) is 372 Å². The third-order valence-corrected chi connectivity index (χ3v) is 16.4. The molecule has 5 rings (SSSR count). The van der Waals surface area contributed by atoms with Gasteiger partial charge in [0.15, 0.2) is 0 Å². The van der Waals surface area contributed by atoms with Gasteiger partial charge in [-0.25, -0.2) is 0 Å². The molecule has 0 bridgehead atoms. The number of nitrogens with zero attached hydrogens (tertiary/aromatic N) is 2. The van der Waals surface area contributed by atoms with Gasteiger partial charge in [-0.3, -0.25) is 52.3 Å². The summed E-state index contributed by atoms with van der Waals surface area (Å²) in [6, 6.07) is -1.51.